The van der Waals surface area contributed by atoms with E-state index in [9.17, 15) is 9.59 Å². The van der Waals surface area contributed by atoms with Crippen molar-refractivity contribution in [2.75, 3.05) is 6.54 Å². The Labute approximate surface area is 176 Å². The van der Waals surface area contributed by atoms with E-state index in [1.54, 1.807) is 17.4 Å². The molecule has 3 aromatic heterocycles. The van der Waals surface area contributed by atoms with Gasteiger partial charge in [-0.15, -0.1) is 22.7 Å². The third-order valence-electron chi connectivity index (χ3n) is 4.81. The zero-order valence-corrected chi connectivity index (χ0v) is 17.6. The number of hydrogen-bond donors (Lipinski definition) is 2. The number of nitrogens with zero attached hydrogens (tertiary/aromatic N) is 1. The van der Waals surface area contributed by atoms with E-state index in [0.717, 1.165) is 48.3 Å². The van der Waals surface area contributed by atoms with Crippen LogP contribution in [0.5, 0.6) is 0 Å². The van der Waals surface area contributed by atoms with Gasteiger partial charge in [0.05, 0.1) is 10.6 Å². The van der Waals surface area contributed by atoms with E-state index >= 15 is 0 Å². The van der Waals surface area contributed by atoms with Crippen LogP contribution in [0.2, 0.25) is 0 Å². The number of amides is 2. The fourth-order valence-corrected chi connectivity index (χ4v) is 4.73. The molecule has 0 fully saturated rings. The maximum atomic E-state index is 12.6. The summed E-state index contributed by atoms with van der Waals surface area (Å²) in [4.78, 5) is 26.7. The third kappa shape index (κ3) is 4.33. The Bertz CT molecular complexity index is 1030. The molecule has 0 unspecified atom stereocenters. The Hall–Kier alpha value is -2.71. The topological polar surface area (TPSA) is 83.7 Å². The molecular formula is C21H21N3O3S2. The highest BCUT2D eigenvalue weighted by Gasteiger charge is 2.28. The molecule has 6 nitrogen and oxygen atoms in total. The van der Waals surface area contributed by atoms with Gasteiger partial charge in [-0.1, -0.05) is 12.1 Å². The maximum Gasteiger partial charge on any atom is 0.287 e. The van der Waals surface area contributed by atoms with Gasteiger partial charge in [0.25, 0.3) is 11.8 Å². The monoisotopic (exact) mass is 427 g/mol. The summed E-state index contributed by atoms with van der Waals surface area (Å²) in [5, 5.41) is 11.2. The molecule has 3 aromatic rings. The van der Waals surface area contributed by atoms with Crippen LogP contribution in [0.15, 0.2) is 44.5 Å². The lowest BCUT2D eigenvalue weighted by atomic mass is 9.93. The van der Waals surface area contributed by atoms with Crippen LogP contribution < -0.4 is 10.7 Å². The second-order valence-corrected chi connectivity index (χ2v) is 8.75. The number of hydrazone groups is 1. The van der Waals surface area contributed by atoms with Crippen molar-refractivity contribution in [3.63, 3.8) is 0 Å². The lowest BCUT2D eigenvalue weighted by Gasteiger charge is -2.13. The number of aryl methyl sites for hydroxylation is 1. The van der Waals surface area contributed by atoms with Crippen molar-refractivity contribution >= 4 is 40.2 Å². The summed E-state index contributed by atoms with van der Waals surface area (Å²) in [5.74, 6) is 0.657. The molecule has 0 radical (unpaired) electrons. The van der Waals surface area contributed by atoms with Gasteiger partial charge in [0.2, 0.25) is 0 Å². The van der Waals surface area contributed by atoms with Gasteiger partial charge < -0.3 is 9.73 Å². The first-order valence-corrected chi connectivity index (χ1v) is 11.2. The molecule has 0 atom stereocenters. The summed E-state index contributed by atoms with van der Waals surface area (Å²) in [6, 6.07) is 7.65. The highest BCUT2D eigenvalue weighted by atomic mass is 32.1. The van der Waals surface area contributed by atoms with Crippen molar-refractivity contribution in [3.8, 4) is 0 Å². The van der Waals surface area contributed by atoms with Gasteiger partial charge in [0.15, 0.2) is 5.76 Å². The van der Waals surface area contributed by atoms with Gasteiger partial charge >= 0.3 is 0 Å². The number of furan rings is 1. The molecule has 2 amide bonds. The molecule has 3 heterocycles. The Morgan fingerprint density at radius 3 is 2.72 bits per heavy atom. The summed E-state index contributed by atoms with van der Waals surface area (Å²) in [5.41, 5.74) is 5.02. The van der Waals surface area contributed by atoms with Crippen LogP contribution >= 0.6 is 22.7 Å². The molecule has 0 bridgehead atoms. The zero-order chi connectivity index (χ0) is 20.2. The lowest BCUT2D eigenvalue weighted by molar-refractivity contribution is 0.0922. The van der Waals surface area contributed by atoms with Crippen molar-refractivity contribution in [3.05, 3.63) is 67.4 Å². The van der Waals surface area contributed by atoms with Crippen LogP contribution in [0.1, 0.15) is 54.8 Å². The van der Waals surface area contributed by atoms with E-state index < -0.39 is 0 Å². The molecule has 0 saturated carbocycles. The standard InChI is InChI=1S/C21H21N3O3S2/c1-13-18-15(23-24-20(25)17-8-4-12-29-17)6-2-7-16(18)27-19(13)21(26)22-10-9-14-5-3-11-28-14/h3-5,8,11-12H,2,6-7,9-10H2,1H3,(H,22,26)(H,24,25)/b23-15+. The average Bonchev–Trinajstić information content (AvgIpc) is 3.48. The summed E-state index contributed by atoms with van der Waals surface area (Å²) < 4.78 is 5.89. The number of rotatable bonds is 6. The first-order valence-electron chi connectivity index (χ1n) is 9.47. The molecule has 0 aliphatic heterocycles. The number of thiophene rings is 2. The summed E-state index contributed by atoms with van der Waals surface area (Å²) in [6.07, 6.45) is 3.16. The van der Waals surface area contributed by atoms with Crippen molar-refractivity contribution in [1.29, 1.82) is 0 Å². The Kier molecular flexibility index (Phi) is 5.92. The minimum Gasteiger partial charge on any atom is -0.455 e. The number of carbonyl (C=O) groups excluding carboxylic acids is 2. The zero-order valence-electron chi connectivity index (χ0n) is 16.0. The molecule has 0 spiro atoms. The fourth-order valence-electron chi connectivity index (χ4n) is 3.41. The smallest absolute Gasteiger partial charge is 0.287 e. The highest BCUT2D eigenvalue weighted by Crippen LogP contribution is 2.30. The van der Waals surface area contributed by atoms with E-state index in [1.807, 2.05) is 29.8 Å². The first-order chi connectivity index (χ1) is 14.1. The molecule has 1 aliphatic carbocycles. The van der Waals surface area contributed by atoms with Crippen LogP contribution in [0, 0.1) is 6.92 Å². The molecule has 0 aromatic carbocycles. The average molecular weight is 428 g/mol. The molecule has 1 aliphatic rings. The lowest BCUT2D eigenvalue weighted by Crippen LogP contribution is -2.26. The molecular weight excluding hydrogens is 406 g/mol. The number of carbonyl (C=O) groups is 2. The van der Waals surface area contributed by atoms with E-state index in [0.29, 0.717) is 17.2 Å². The molecule has 0 saturated heterocycles. The highest BCUT2D eigenvalue weighted by molar-refractivity contribution is 7.12. The predicted octanol–water partition coefficient (Wildman–Crippen LogP) is 4.15. The van der Waals surface area contributed by atoms with Crippen LogP contribution in [-0.2, 0) is 12.8 Å². The second kappa shape index (κ2) is 8.75. The Morgan fingerprint density at radius 2 is 1.97 bits per heavy atom. The molecule has 4 rings (SSSR count). The Morgan fingerprint density at radius 1 is 1.14 bits per heavy atom. The quantitative estimate of drug-likeness (QED) is 0.580. The SMILES string of the molecule is Cc1c(C(=O)NCCc2cccs2)oc2c1/C(=N/NC(=O)c1cccs1)CCC2. The largest absolute Gasteiger partial charge is 0.455 e. The molecule has 2 N–H and O–H groups in total. The molecule has 150 valence electrons. The van der Waals surface area contributed by atoms with Gasteiger partial charge in [-0.05, 0) is 49.1 Å². The maximum absolute atomic E-state index is 12.6. The minimum atomic E-state index is -0.229. The van der Waals surface area contributed by atoms with Crippen LogP contribution in [0.3, 0.4) is 0 Å². The summed E-state index contributed by atoms with van der Waals surface area (Å²) >= 11 is 3.05. The third-order valence-corrected chi connectivity index (χ3v) is 6.61. The van der Waals surface area contributed by atoms with Gasteiger partial charge in [-0.25, -0.2) is 5.43 Å². The normalized spacial score (nSPS) is 14.6. The van der Waals surface area contributed by atoms with E-state index in [4.69, 9.17) is 4.42 Å². The number of fused-ring (bicyclic) bond motifs is 1. The Balaban J connectivity index is 1.47. The van der Waals surface area contributed by atoms with Crippen molar-refractivity contribution < 1.29 is 14.0 Å². The van der Waals surface area contributed by atoms with E-state index in [1.165, 1.54) is 16.2 Å². The van der Waals surface area contributed by atoms with Crippen molar-refractivity contribution in [2.24, 2.45) is 5.10 Å². The number of nitrogens with one attached hydrogen (secondary N) is 2. The van der Waals surface area contributed by atoms with Gasteiger partial charge in [-0.3, -0.25) is 9.59 Å². The number of hydrogen-bond acceptors (Lipinski definition) is 6. The summed E-state index contributed by atoms with van der Waals surface area (Å²) in [7, 11) is 0. The van der Waals surface area contributed by atoms with Crippen LogP contribution in [0.4, 0.5) is 0 Å². The van der Waals surface area contributed by atoms with Crippen molar-refractivity contribution in [1.82, 2.24) is 10.7 Å². The molecule has 8 heteroatoms. The van der Waals surface area contributed by atoms with Gasteiger partial charge in [-0.2, -0.15) is 5.10 Å². The van der Waals surface area contributed by atoms with Crippen molar-refractivity contribution in [2.45, 2.75) is 32.6 Å². The predicted molar refractivity (Wildman–Crippen MR) is 115 cm³/mol. The fraction of sp³-hybridized carbons (Fsp3) is 0.286. The van der Waals surface area contributed by atoms with Gasteiger partial charge in [0, 0.05) is 29.0 Å². The van der Waals surface area contributed by atoms with E-state index in [-0.39, 0.29) is 11.8 Å². The van der Waals surface area contributed by atoms with E-state index in [2.05, 4.69) is 21.9 Å². The van der Waals surface area contributed by atoms with Crippen LogP contribution in [-0.4, -0.2) is 24.1 Å². The van der Waals surface area contributed by atoms with Gasteiger partial charge in [0.1, 0.15) is 5.76 Å². The second-order valence-electron chi connectivity index (χ2n) is 6.77. The minimum absolute atomic E-state index is 0.213. The van der Waals surface area contributed by atoms with Crippen LogP contribution in [0.25, 0.3) is 0 Å². The summed E-state index contributed by atoms with van der Waals surface area (Å²) in [6.45, 7) is 2.43. The first kappa shape index (κ1) is 19.6. The molecule has 29 heavy (non-hydrogen) atoms.